The molecule has 5 aromatic rings. The largest absolute Gasteiger partial charge is 0.325 e. The fraction of sp³-hybridized carbons (Fsp3) is 0.0541. The van der Waals surface area contributed by atoms with Crippen molar-refractivity contribution in [2.45, 2.75) is 17.1 Å². The first-order chi connectivity index (χ1) is 22.2. The predicted octanol–water partition coefficient (Wildman–Crippen LogP) is 8.67. The van der Waals surface area contributed by atoms with Crippen molar-refractivity contribution in [1.29, 1.82) is 0 Å². The van der Waals surface area contributed by atoms with Crippen LogP contribution in [0.3, 0.4) is 0 Å². The van der Waals surface area contributed by atoms with Gasteiger partial charge in [-0.25, -0.2) is 4.39 Å². The molecule has 0 aliphatic rings. The van der Waals surface area contributed by atoms with E-state index >= 15 is 0 Å². The molecule has 0 bridgehead atoms. The summed E-state index contributed by atoms with van der Waals surface area (Å²) in [5, 5.41) is 8.42. The highest BCUT2D eigenvalue weighted by Gasteiger charge is 2.23. The number of hydrogen-bond donors (Lipinski definition) is 3. The van der Waals surface area contributed by atoms with Gasteiger partial charge >= 0.3 is 0 Å². The summed E-state index contributed by atoms with van der Waals surface area (Å²) in [6.45, 7) is 1.89. The van der Waals surface area contributed by atoms with E-state index in [0.717, 1.165) is 16.0 Å². The molecule has 5 rings (SSSR count). The molecular formula is C37H29ClFN3O3S. The van der Waals surface area contributed by atoms with Crippen LogP contribution >= 0.6 is 23.4 Å². The molecular weight excluding hydrogens is 621 g/mol. The second-order valence-corrected chi connectivity index (χ2v) is 11.9. The number of rotatable bonds is 10. The monoisotopic (exact) mass is 649 g/mol. The molecule has 0 heterocycles. The van der Waals surface area contributed by atoms with Gasteiger partial charge in [-0.05, 0) is 84.3 Å². The normalized spacial score (nSPS) is 11.8. The zero-order valence-electron chi connectivity index (χ0n) is 24.7. The van der Waals surface area contributed by atoms with Gasteiger partial charge in [-0.3, -0.25) is 14.4 Å². The Morgan fingerprint density at radius 3 is 2.13 bits per heavy atom. The quantitative estimate of drug-likeness (QED) is 0.104. The van der Waals surface area contributed by atoms with Crippen molar-refractivity contribution in [3.8, 4) is 0 Å². The number of aryl methyl sites for hydroxylation is 1. The first kappa shape index (κ1) is 32.2. The topological polar surface area (TPSA) is 87.3 Å². The van der Waals surface area contributed by atoms with Crippen LogP contribution in [0, 0.1) is 12.7 Å². The standard InChI is InChI=1S/C37H29ClFN3O3S/c1-24-15-20-30(23-32(24)38)41-37(45)34(26-9-4-2-5-10-26)46-31-14-8-13-29(22-31)40-36(44)33(21-25-16-18-28(39)19-17-25)42-35(43)27-11-6-3-7-12-27/h2-23,34H,1H3,(H,40,44)(H,41,45)(H,42,43)/b33-21-. The van der Waals surface area contributed by atoms with E-state index in [2.05, 4.69) is 16.0 Å². The molecule has 230 valence electrons. The Morgan fingerprint density at radius 1 is 0.761 bits per heavy atom. The van der Waals surface area contributed by atoms with E-state index in [4.69, 9.17) is 11.6 Å². The number of anilines is 2. The van der Waals surface area contributed by atoms with Crippen molar-refractivity contribution in [3.63, 3.8) is 0 Å². The maximum atomic E-state index is 13.6. The Hall–Kier alpha value is -5.18. The minimum atomic E-state index is -0.619. The van der Waals surface area contributed by atoms with Crippen molar-refractivity contribution in [2.75, 3.05) is 10.6 Å². The molecule has 46 heavy (non-hydrogen) atoms. The lowest BCUT2D eigenvalue weighted by Crippen LogP contribution is -2.30. The summed E-state index contributed by atoms with van der Waals surface area (Å²) in [5.41, 5.74) is 3.60. The third-order valence-corrected chi connectivity index (χ3v) is 8.49. The third kappa shape index (κ3) is 8.72. The number of nitrogens with one attached hydrogen (secondary N) is 3. The van der Waals surface area contributed by atoms with Gasteiger partial charge in [-0.2, -0.15) is 0 Å². The second kappa shape index (κ2) is 15.2. The Morgan fingerprint density at radius 2 is 1.43 bits per heavy atom. The smallest absolute Gasteiger partial charge is 0.272 e. The maximum Gasteiger partial charge on any atom is 0.272 e. The van der Waals surface area contributed by atoms with Gasteiger partial charge in [0.1, 0.15) is 16.8 Å². The van der Waals surface area contributed by atoms with E-state index in [1.807, 2.05) is 49.4 Å². The van der Waals surface area contributed by atoms with Gasteiger partial charge in [-0.1, -0.05) is 84.4 Å². The van der Waals surface area contributed by atoms with Gasteiger partial charge in [0.25, 0.3) is 11.8 Å². The van der Waals surface area contributed by atoms with Gasteiger partial charge in [-0.15, -0.1) is 11.8 Å². The second-order valence-electron chi connectivity index (χ2n) is 10.3. The molecule has 0 radical (unpaired) electrons. The summed E-state index contributed by atoms with van der Waals surface area (Å²) in [4.78, 5) is 40.8. The molecule has 5 aromatic carbocycles. The molecule has 6 nitrogen and oxygen atoms in total. The van der Waals surface area contributed by atoms with Crippen LogP contribution in [0.15, 0.2) is 138 Å². The number of thioether (sulfide) groups is 1. The highest BCUT2D eigenvalue weighted by molar-refractivity contribution is 8.00. The molecule has 0 saturated heterocycles. The lowest BCUT2D eigenvalue weighted by Gasteiger charge is -2.18. The van der Waals surface area contributed by atoms with Crippen molar-refractivity contribution in [2.24, 2.45) is 0 Å². The summed E-state index contributed by atoms with van der Waals surface area (Å²) in [5.74, 6) is -1.71. The van der Waals surface area contributed by atoms with Crippen LogP contribution in [-0.4, -0.2) is 17.7 Å². The molecule has 1 unspecified atom stereocenters. The molecule has 3 N–H and O–H groups in total. The fourth-order valence-corrected chi connectivity index (χ4v) is 5.69. The third-order valence-electron chi connectivity index (χ3n) is 6.84. The number of amides is 3. The maximum absolute atomic E-state index is 13.6. The molecule has 0 aliphatic carbocycles. The summed E-state index contributed by atoms with van der Waals surface area (Å²) in [6, 6.07) is 35.9. The highest BCUT2D eigenvalue weighted by Crippen LogP contribution is 2.37. The minimum Gasteiger partial charge on any atom is -0.325 e. The van der Waals surface area contributed by atoms with Crippen LogP contribution in [0.2, 0.25) is 5.02 Å². The SMILES string of the molecule is Cc1ccc(NC(=O)C(Sc2cccc(NC(=O)/C(=C/c3ccc(F)cc3)NC(=O)c3ccccc3)c2)c2ccccc2)cc1Cl. The first-order valence-corrected chi connectivity index (χ1v) is 15.5. The Labute approximate surface area is 275 Å². The number of benzene rings is 5. The Bertz CT molecular complexity index is 1880. The zero-order valence-corrected chi connectivity index (χ0v) is 26.2. The minimum absolute atomic E-state index is 0.0307. The Balaban J connectivity index is 1.37. The van der Waals surface area contributed by atoms with Crippen molar-refractivity contribution >= 4 is 58.5 Å². The summed E-state index contributed by atoms with van der Waals surface area (Å²) < 4.78 is 13.5. The van der Waals surface area contributed by atoms with Crippen LogP contribution in [-0.2, 0) is 9.59 Å². The van der Waals surface area contributed by atoms with E-state index in [1.54, 1.807) is 60.7 Å². The van der Waals surface area contributed by atoms with Crippen molar-refractivity contribution < 1.29 is 18.8 Å². The summed E-state index contributed by atoms with van der Waals surface area (Å²) in [7, 11) is 0. The van der Waals surface area contributed by atoms with E-state index < -0.39 is 22.9 Å². The van der Waals surface area contributed by atoms with Crippen LogP contribution in [0.25, 0.3) is 6.08 Å². The molecule has 0 fully saturated rings. The molecule has 9 heteroatoms. The van der Waals surface area contributed by atoms with Gasteiger partial charge in [0.15, 0.2) is 0 Å². The predicted molar refractivity (Wildman–Crippen MR) is 183 cm³/mol. The van der Waals surface area contributed by atoms with Gasteiger partial charge in [0.2, 0.25) is 5.91 Å². The number of hydrogen-bond acceptors (Lipinski definition) is 4. The van der Waals surface area contributed by atoms with Crippen LogP contribution in [0.4, 0.5) is 15.8 Å². The van der Waals surface area contributed by atoms with E-state index in [9.17, 15) is 18.8 Å². The van der Waals surface area contributed by atoms with E-state index in [-0.39, 0.29) is 11.6 Å². The number of carbonyl (C=O) groups excluding carboxylic acids is 3. The van der Waals surface area contributed by atoms with E-state index in [0.29, 0.717) is 27.5 Å². The lowest BCUT2D eigenvalue weighted by atomic mass is 10.1. The molecule has 0 aliphatic heterocycles. The number of carbonyl (C=O) groups is 3. The fourth-order valence-electron chi connectivity index (χ4n) is 4.43. The average Bonchev–Trinajstić information content (AvgIpc) is 3.07. The molecule has 3 amide bonds. The van der Waals surface area contributed by atoms with Crippen LogP contribution < -0.4 is 16.0 Å². The van der Waals surface area contributed by atoms with Crippen LogP contribution in [0.1, 0.15) is 32.3 Å². The van der Waals surface area contributed by atoms with Gasteiger partial charge in [0, 0.05) is 26.9 Å². The van der Waals surface area contributed by atoms with Gasteiger partial charge < -0.3 is 16.0 Å². The van der Waals surface area contributed by atoms with Crippen molar-refractivity contribution in [3.05, 3.63) is 166 Å². The summed E-state index contributed by atoms with van der Waals surface area (Å²) >= 11 is 7.60. The van der Waals surface area contributed by atoms with Crippen LogP contribution in [0.5, 0.6) is 0 Å². The van der Waals surface area contributed by atoms with E-state index in [1.165, 1.54) is 42.1 Å². The van der Waals surface area contributed by atoms with Gasteiger partial charge in [0.05, 0.1) is 0 Å². The zero-order chi connectivity index (χ0) is 32.5. The molecule has 0 aromatic heterocycles. The highest BCUT2D eigenvalue weighted by atomic mass is 35.5. The number of halogens is 2. The average molecular weight is 650 g/mol. The molecule has 0 spiro atoms. The Kier molecular flexibility index (Phi) is 10.7. The first-order valence-electron chi connectivity index (χ1n) is 14.3. The van der Waals surface area contributed by atoms with Crippen molar-refractivity contribution in [1.82, 2.24) is 5.32 Å². The molecule has 0 saturated carbocycles. The summed E-state index contributed by atoms with van der Waals surface area (Å²) in [6.07, 6.45) is 1.47. The molecule has 1 atom stereocenters. The lowest BCUT2D eigenvalue weighted by molar-refractivity contribution is -0.116.